The van der Waals surface area contributed by atoms with Crippen LogP contribution in [0.5, 0.6) is 11.8 Å². The molecule has 1 aromatic heterocycles. The summed E-state index contributed by atoms with van der Waals surface area (Å²) in [6.07, 6.45) is 4.59. The lowest BCUT2D eigenvalue weighted by Crippen LogP contribution is -2.15. The molecule has 0 amide bonds. The Balaban J connectivity index is 1.89. The van der Waals surface area contributed by atoms with Gasteiger partial charge in [0, 0.05) is 11.1 Å². The van der Waals surface area contributed by atoms with E-state index < -0.39 is 0 Å². The second-order valence-corrected chi connectivity index (χ2v) is 8.02. The zero-order valence-electron chi connectivity index (χ0n) is 18.8. The van der Waals surface area contributed by atoms with Crippen molar-refractivity contribution < 1.29 is 14.3 Å². The predicted molar refractivity (Wildman–Crippen MR) is 122 cm³/mol. The maximum absolute atomic E-state index is 13.3. The number of hydrogen-bond acceptors (Lipinski definition) is 5. The van der Waals surface area contributed by atoms with E-state index in [0.29, 0.717) is 23.9 Å². The highest BCUT2D eigenvalue weighted by Crippen LogP contribution is 2.24. The Morgan fingerprint density at radius 1 is 1.03 bits per heavy atom. The van der Waals surface area contributed by atoms with Crippen molar-refractivity contribution in [3.63, 3.8) is 0 Å². The molecule has 6 heteroatoms. The largest absolute Gasteiger partial charge is 0.497 e. The van der Waals surface area contributed by atoms with Crippen molar-refractivity contribution in [2.75, 3.05) is 13.7 Å². The first-order valence-electron chi connectivity index (χ1n) is 10.9. The summed E-state index contributed by atoms with van der Waals surface area (Å²) in [6, 6.07) is 15.3. The third-order valence-corrected chi connectivity index (χ3v) is 4.94. The van der Waals surface area contributed by atoms with Gasteiger partial charge in [0.15, 0.2) is 5.82 Å². The fourth-order valence-electron chi connectivity index (χ4n) is 3.18. The summed E-state index contributed by atoms with van der Waals surface area (Å²) in [5.74, 6) is 1.26. The number of carbonyl (C=O) groups is 1. The van der Waals surface area contributed by atoms with Crippen molar-refractivity contribution >= 4 is 5.91 Å². The molecule has 0 saturated heterocycles. The van der Waals surface area contributed by atoms with Crippen LogP contribution in [0.1, 0.15) is 56.0 Å². The number of methoxy groups -OCH3 is 1. The van der Waals surface area contributed by atoms with E-state index in [4.69, 9.17) is 9.47 Å². The molecule has 0 N–H and O–H groups in total. The van der Waals surface area contributed by atoms with Gasteiger partial charge in [0.05, 0.1) is 13.7 Å². The second-order valence-electron chi connectivity index (χ2n) is 8.02. The van der Waals surface area contributed by atoms with E-state index in [9.17, 15) is 4.79 Å². The topological polar surface area (TPSA) is 66.2 Å². The number of hydrogen-bond donors (Lipinski definition) is 0. The van der Waals surface area contributed by atoms with Crippen molar-refractivity contribution in [1.82, 2.24) is 14.8 Å². The minimum absolute atomic E-state index is 0.198. The highest BCUT2D eigenvalue weighted by atomic mass is 16.5. The number of benzene rings is 2. The van der Waals surface area contributed by atoms with Gasteiger partial charge in [0.1, 0.15) is 5.75 Å². The van der Waals surface area contributed by atoms with Gasteiger partial charge in [-0.05, 0) is 60.7 Å². The quantitative estimate of drug-likeness (QED) is 0.410. The molecule has 0 spiro atoms. The molecule has 0 atom stereocenters. The van der Waals surface area contributed by atoms with Crippen LogP contribution in [0, 0.1) is 5.92 Å². The summed E-state index contributed by atoms with van der Waals surface area (Å²) < 4.78 is 12.3. The molecule has 31 heavy (non-hydrogen) atoms. The zero-order valence-corrected chi connectivity index (χ0v) is 18.8. The Bertz CT molecular complexity index is 976. The Morgan fingerprint density at radius 3 is 2.35 bits per heavy atom. The first-order chi connectivity index (χ1) is 15.0. The smallest absolute Gasteiger partial charge is 0.336 e. The molecule has 1 heterocycles. The Hall–Kier alpha value is -3.15. The minimum atomic E-state index is -0.238. The standard InChI is InChI=1S/C25H31N3O3/c1-5-6-7-8-19-9-11-21(12-10-19)24(29)28-23(20-13-15-22(30-4)16-14-20)26-25(27-28)31-17-18(2)3/h9-16,18H,5-8,17H2,1-4H3. The molecule has 0 aliphatic carbocycles. The van der Waals surface area contributed by atoms with E-state index in [1.807, 2.05) is 48.5 Å². The first-order valence-corrected chi connectivity index (χ1v) is 10.9. The van der Waals surface area contributed by atoms with Crippen LogP contribution in [0.15, 0.2) is 48.5 Å². The summed E-state index contributed by atoms with van der Waals surface area (Å²) in [6.45, 7) is 6.77. The van der Waals surface area contributed by atoms with Gasteiger partial charge in [-0.3, -0.25) is 4.79 Å². The third kappa shape index (κ3) is 5.94. The molecule has 6 nitrogen and oxygen atoms in total. The van der Waals surface area contributed by atoms with Crippen LogP contribution in [0.3, 0.4) is 0 Å². The predicted octanol–water partition coefficient (Wildman–Crippen LogP) is 5.41. The fraction of sp³-hybridized carbons (Fsp3) is 0.400. The molecular formula is C25H31N3O3. The summed E-state index contributed by atoms with van der Waals surface area (Å²) >= 11 is 0. The van der Waals surface area contributed by atoms with Crippen LogP contribution in [0.4, 0.5) is 0 Å². The van der Waals surface area contributed by atoms with Gasteiger partial charge < -0.3 is 9.47 Å². The molecule has 164 valence electrons. The summed E-state index contributed by atoms with van der Waals surface area (Å²) in [5.41, 5.74) is 2.56. The highest BCUT2D eigenvalue weighted by Gasteiger charge is 2.20. The lowest BCUT2D eigenvalue weighted by Gasteiger charge is -2.07. The lowest BCUT2D eigenvalue weighted by atomic mass is 10.1. The third-order valence-electron chi connectivity index (χ3n) is 4.94. The van der Waals surface area contributed by atoms with Gasteiger partial charge >= 0.3 is 6.01 Å². The van der Waals surface area contributed by atoms with E-state index in [1.54, 1.807) is 7.11 Å². The van der Waals surface area contributed by atoms with Gasteiger partial charge in [-0.2, -0.15) is 9.67 Å². The average Bonchev–Trinajstić information content (AvgIpc) is 3.22. The summed E-state index contributed by atoms with van der Waals surface area (Å²) in [7, 11) is 1.62. The van der Waals surface area contributed by atoms with E-state index in [0.717, 1.165) is 24.2 Å². The fourth-order valence-corrected chi connectivity index (χ4v) is 3.18. The SMILES string of the molecule is CCCCCc1ccc(C(=O)n2nc(OCC(C)C)nc2-c2ccc(OC)cc2)cc1. The van der Waals surface area contributed by atoms with E-state index in [1.165, 1.54) is 23.1 Å². The molecule has 0 radical (unpaired) electrons. The molecular weight excluding hydrogens is 390 g/mol. The number of ether oxygens (including phenoxy) is 2. The van der Waals surface area contributed by atoms with Gasteiger partial charge in [0.25, 0.3) is 5.91 Å². The molecule has 0 saturated carbocycles. The monoisotopic (exact) mass is 421 g/mol. The Labute approximate surface area is 184 Å². The van der Waals surface area contributed by atoms with Crippen molar-refractivity contribution in [1.29, 1.82) is 0 Å². The zero-order chi connectivity index (χ0) is 22.2. The Kier molecular flexibility index (Phi) is 7.82. The van der Waals surface area contributed by atoms with Crippen LogP contribution in [-0.2, 0) is 6.42 Å². The Morgan fingerprint density at radius 2 is 1.74 bits per heavy atom. The highest BCUT2D eigenvalue weighted by molar-refractivity contribution is 5.97. The number of nitrogens with zero attached hydrogens (tertiary/aromatic N) is 3. The number of aryl methyl sites for hydroxylation is 1. The van der Waals surface area contributed by atoms with Crippen molar-refractivity contribution in [2.45, 2.75) is 46.5 Å². The van der Waals surface area contributed by atoms with Crippen LogP contribution < -0.4 is 9.47 Å². The number of unbranched alkanes of at least 4 members (excludes halogenated alkanes) is 2. The first kappa shape index (κ1) is 22.5. The minimum Gasteiger partial charge on any atom is -0.497 e. The summed E-state index contributed by atoms with van der Waals surface area (Å²) in [4.78, 5) is 17.8. The van der Waals surface area contributed by atoms with E-state index >= 15 is 0 Å². The van der Waals surface area contributed by atoms with Crippen LogP contribution in [0.25, 0.3) is 11.4 Å². The number of aromatic nitrogens is 3. The van der Waals surface area contributed by atoms with Crippen molar-refractivity contribution in [2.24, 2.45) is 5.92 Å². The molecule has 0 bridgehead atoms. The van der Waals surface area contributed by atoms with Crippen molar-refractivity contribution in [3.05, 3.63) is 59.7 Å². The van der Waals surface area contributed by atoms with Gasteiger partial charge in [0.2, 0.25) is 0 Å². The number of rotatable bonds is 10. The van der Waals surface area contributed by atoms with Gasteiger partial charge in [-0.1, -0.05) is 45.7 Å². The molecule has 0 fully saturated rings. The number of carbonyl (C=O) groups excluding carboxylic acids is 1. The van der Waals surface area contributed by atoms with Crippen LogP contribution >= 0.6 is 0 Å². The van der Waals surface area contributed by atoms with Crippen molar-refractivity contribution in [3.8, 4) is 23.1 Å². The maximum atomic E-state index is 13.3. The molecule has 3 rings (SSSR count). The maximum Gasteiger partial charge on any atom is 0.336 e. The molecule has 0 aliphatic heterocycles. The molecule has 0 aliphatic rings. The second kappa shape index (κ2) is 10.8. The normalized spacial score (nSPS) is 11.0. The molecule has 3 aromatic rings. The van der Waals surface area contributed by atoms with Gasteiger partial charge in [-0.15, -0.1) is 5.10 Å². The summed E-state index contributed by atoms with van der Waals surface area (Å²) in [5, 5.41) is 4.36. The van der Waals surface area contributed by atoms with Crippen LogP contribution in [0.2, 0.25) is 0 Å². The van der Waals surface area contributed by atoms with E-state index in [2.05, 4.69) is 30.9 Å². The molecule has 2 aromatic carbocycles. The lowest BCUT2D eigenvalue weighted by molar-refractivity contribution is 0.0944. The van der Waals surface area contributed by atoms with E-state index in [-0.39, 0.29) is 11.9 Å². The van der Waals surface area contributed by atoms with Crippen LogP contribution in [-0.4, -0.2) is 34.4 Å². The average molecular weight is 422 g/mol. The molecule has 0 unspecified atom stereocenters. The van der Waals surface area contributed by atoms with Gasteiger partial charge in [-0.25, -0.2) is 0 Å².